The molecule has 0 heterocycles. The van der Waals surface area contributed by atoms with E-state index in [9.17, 15) is 0 Å². The van der Waals surface area contributed by atoms with Crippen LogP contribution in [0.5, 0.6) is 0 Å². The van der Waals surface area contributed by atoms with Gasteiger partial charge in [-0.3, -0.25) is 0 Å². The highest BCUT2D eigenvalue weighted by atomic mass is 14.3. The Morgan fingerprint density at radius 1 is 0.786 bits per heavy atom. The number of hydrogen-bond donors (Lipinski definition) is 0. The summed E-state index contributed by atoms with van der Waals surface area (Å²) >= 11 is 0. The van der Waals surface area contributed by atoms with Crippen molar-refractivity contribution < 1.29 is 0 Å². The molecule has 0 N–H and O–H groups in total. The summed E-state index contributed by atoms with van der Waals surface area (Å²) in [6.07, 6.45) is 26.2. The number of aryl methyl sites for hydroxylation is 1. The number of allylic oxidation sites excluding steroid dienone is 4. The summed E-state index contributed by atoms with van der Waals surface area (Å²) in [6.45, 7) is 4.58. The van der Waals surface area contributed by atoms with Crippen LogP contribution in [-0.4, -0.2) is 0 Å². The lowest BCUT2D eigenvalue weighted by atomic mass is 9.78. The van der Waals surface area contributed by atoms with Gasteiger partial charge in [-0.25, -0.2) is 0 Å². The Morgan fingerprint density at radius 3 is 2.21 bits per heavy atom. The molecular formula is C28H42. The molecule has 0 saturated heterocycles. The molecule has 2 unspecified atom stereocenters. The molecule has 2 atom stereocenters. The summed E-state index contributed by atoms with van der Waals surface area (Å²) in [6, 6.07) is 9.61. The van der Waals surface area contributed by atoms with E-state index in [4.69, 9.17) is 0 Å². The molecule has 1 aromatic carbocycles. The summed E-state index contributed by atoms with van der Waals surface area (Å²) in [5.41, 5.74) is 3.11. The van der Waals surface area contributed by atoms with Crippen LogP contribution in [-0.2, 0) is 6.42 Å². The second kappa shape index (κ2) is 11.6. The van der Waals surface area contributed by atoms with E-state index < -0.39 is 0 Å². The first-order valence-electron chi connectivity index (χ1n) is 12.2. The van der Waals surface area contributed by atoms with Crippen LogP contribution in [0.3, 0.4) is 0 Å². The van der Waals surface area contributed by atoms with E-state index in [-0.39, 0.29) is 0 Å². The van der Waals surface area contributed by atoms with Crippen molar-refractivity contribution in [3.8, 4) is 0 Å². The van der Waals surface area contributed by atoms with Crippen LogP contribution in [0, 0.1) is 17.8 Å². The Hall–Kier alpha value is -1.30. The number of unbranched alkanes of at least 4 members (excludes halogenated alkanes) is 2. The predicted octanol–water partition coefficient (Wildman–Crippen LogP) is 8.63. The Kier molecular flexibility index (Phi) is 8.90. The van der Waals surface area contributed by atoms with Crippen molar-refractivity contribution in [3.63, 3.8) is 0 Å². The van der Waals surface area contributed by atoms with Gasteiger partial charge in [0.05, 0.1) is 0 Å². The van der Waals surface area contributed by atoms with Crippen molar-refractivity contribution in [2.75, 3.05) is 0 Å². The molecule has 0 aromatic heterocycles. The maximum Gasteiger partial charge on any atom is -0.00531 e. The smallest absolute Gasteiger partial charge is 0.00531 e. The third-order valence-corrected chi connectivity index (χ3v) is 7.08. The predicted molar refractivity (Wildman–Crippen MR) is 124 cm³/mol. The zero-order chi connectivity index (χ0) is 19.6. The average molecular weight is 379 g/mol. The van der Waals surface area contributed by atoms with Gasteiger partial charge in [-0.2, -0.15) is 0 Å². The average Bonchev–Trinajstić information content (AvgIpc) is 2.75. The van der Waals surface area contributed by atoms with Gasteiger partial charge in [0.25, 0.3) is 0 Å². The molecule has 0 spiro atoms. The normalized spacial score (nSPS) is 28.1. The summed E-state index contributed by atoms with van der Waals surface area (Å²) in [5, 5.41) is 0. The lowest BCUT2D eigenvalue weighted by Gasteiger charge is -2.28. The van der Waals surface area contributed by atoms with Crippen LogP contribution in [0.1, 0.15) is 102 Å². The van der Waals surface area contributed by atoms with E-state index in [1.165, 1.54) is 82.6 Å². The van der Waals surface area contributed by atoms with E-state index >= 15 is 0 Å². The molecule has 1 fully saturated rings. The van der Waals surface area contributed by atoms with E-state index in [1.54, 1.807) is 5.56 Å². The number of rotatable bonds is 9. The van der Waals surface area contributed by atoms with Gasteiger partial charge >= 0.3 is 0 Å². The summed E-state index contributed by atoms with van der Waals surface area (Å²) in [7, 11) is 0. The first-order chi connectivity index (χ1) is 13.8. The quantitative estimate of drug-likeness (QED) is 0.298. The Labute approximate surface area is 174 Å². The third kappa shape index (κ3) is 6.64. The van der Waals surface area contributed by atoms with Crippen molar-refractivity contribution in [1.29, 1.82) is 0 Å². The number of benzene rings is 1. The molecule has 0 nitrogen and oxygen atoms in total. The number of hydrogen-bond acceptors (Lipinski definition) is 0. The van der Waals surface area contributed by atoms with Crippen molar-refractivity contribution in [3.05, 3.63) is 59.7 Å². The monoisotopic (exact) mass is 378 g/mol. The minimum Gasteiger partial charge on any atom is -0.0848 e. The van der Waals surface area contributed by atoms with Gasteiger partial charge in [-0.15, -0.1) is 0 Å². The molecule has 0 aliphatic heterocycles. The van der Waals surface area contributed by atoms with Crippen molar-refractivity contribution in [1.82, 2.24) is 0 Å². The molecule has 2 aliphatic rings. The van der Waals surface area contributed by atoms with Gasteiger partial charge in [0.1, 0.15) is 0 Å². The topological polar surface area (TPSA) is 0 Å². The maximum absolute atomic E-state index is 2.56. The molecule has 2 aliphatic carbocycles. The summed E-state index contributed by atoms with van der Waals surface area (Å²) < 4.78 is 0. The molecule has 0 heteroatoms. The zero-order valence-electron chi connectivity index (χ0n) is 18.4. The molecule has 3 rings (SSSR count). The van der Waals surface area contributed by atoms with Gasteiger partial charge < -0.3 is 0 Å². The summed E-state index contributed by atoms with van der Waals surface area (Å²) in [5.74, 6) is 3.15. The molecule has 1 saturated carbocycles. The van der Waals surface area contributed by atoms with Crippen molar-refractivity contribution in [2.45, 2.75) is 96.8 Å². The highest BCUT2D eigenvalue weighted by molar-refractivity contribution is 5.26. The maximum atomic E-state index is 2.56. The third-order valence-electron chi connectivity index (χ3n) is 7.08. The minimum atomic E-state index is 0.700. The standard InChI is InChI=1S/C28H42/c1-3-5-6-8-24-15-19-27(20-16-24)28-21-17-26(18-22-28)14-13-25-11-9-23(7-4-2)10-12-25/h9,11,13-16,19-20,23,25-26,28H,3-8,10,12,17-18,21-22H2,1-2H3/b14-13+. The van der Waals surface area contributed by atoms with E-state index in [1.807, 2.05) is 0 Å². The second-order valence-corrected chi connectivity index (χ2v) is 9.37. The SMILES string of the molecule is CCCCCc1ccc(C2CCC(/C=C/C3C=CC(CCC)CC3)CC2)cc1. The minimum absolute atomic E-state index is 0.700. The van der Waals surface area contributed by atoms with Crippen molar-refractivity contribution in [2.24, 2.45) is 17.8 Å². The first kappa shape index (κ1) is 21.4. The molecule has 1 aromatic rings. The van der Waals surface area contributed by atoms with Crippen LogP contribution < -0.4 is 0 Å². The molecular weight excluding hydrogens is 336 g/mol. The largest absolute Gasteiger partial charge is 0.0848 e. The van der Waals surface area contributed by atoms with Crippen molar-refractivity contribution >= 4 is 0 Å². The van der Waals surface area contributed by atoms with Gasteiger partial charge in [-0.1, -0.05) is 81.7 Å². The highest BCUT2D eigenvalue weighted by Gasteiger charge is 2.21. The fourth-order valence-electron chi connectivity index (χ4n) is 5.15. The molecule has 0 amide bonds. The highest BCUT2D eigenvalue weighted by Crippen LogP contribution is 2.37. The van der Waals surface area contributed by atoms with Crippen LogP contribution in [0.15, 0.2) is 48.6 Å². The fraction of sp³-hybridized carbons (Fsp3) is 0.643. The lowest BCUT2D eigenvalue weighted by molar-refractivity contribution is 0.374. The molecule has 28 heavy (non-hydrogen) atoms. The first-order valence-corrected chi connectivity index (χ1v) is 12.2. The van der Waals surface area contributed by atoms with Crippen LogP contribution in [0.25, 0.3) is 0 Å². The zero-order valence-corrected chi connectivity index (χ0v) is 18.4. The van der Waals surface area contributed by atoms with E-state index in [0.29, 0.717) is 5.92 Å². The lowest BCUT2D eigenvalue weighted by Crippen LogP contribution is -2.12. The van der Waals surface area contributed by atoms with Gasteiger partial charge in [0, 0.05) is 0 Å². The van der Waals surface area contributed by atoms with Gasteiger partial charge in [0.2, 0.25) is 0 Å². The van der Waals surface area contributed by atoms with Crippen LogP contribution in [0.4, 0.5) is 0 Å². The fourth-order valence-corrected chi connectivity index (χ4v) is 5.15. The molecule has 154 valence electrons. The molecule has 0 bridgehead atoms. The Morgan fingerprint density at radius 2 is 1.57 bits per heavy atom. The second-order valence-electron chi connectivity index (χ2n) is 9.37. The van der Waals surface area contributed by atoms with Gasteiger partial charge in [0.15, 0.2) is 0 Å². The van der Waals surface area contributed by atoms with Gasteiger partial charge in [-0.05, 0) is 92.6 Å². The van der Waals surface area contributed by atoms with E-state index in [2.05, 4.69) is 62.4 Å². The van der Waals surface area contributed by atoms with E-state index in [0.717, 1.165) is 17.8 Å². The van der Waals surface area contributed by atoms with Crippen LogP contribution >= 0.6 is 0 Å². The Balaban J connectivity index is 1.41. The molecule has 0 radical (unpaired) electrons. The summed E-state index contributed by atoms with van der Waals surface area (Å²) in [4.78, 5) is 0. The van der Waals surface area contributed by atoms with Crippen LogP contribution in [0.2, 0.25) is 0 Å². The Bertz CT molecular complexity index is 597.